The fourth-order valence-corrected chi connectivity index (χ4v) is 8.87. The van der Waals surface area contributed by atoms with Crippen LogP contribution >= 0.6 is 7.26 Å². The fourth-order valence-electron chi connectivity index (χ4n) is 4.54. The van der Waals surface area contributed by atoms with Crippen molar-refractivity contribution in [2.45, 2.75) is 13.1 Å². The minimum absolute atomic E-state index is 0.0474. The highest BCUT2D eigenvalue weighted by molar-refractivity contribution is 7.95. The predicted molar refractivity (Wildman–Crippen MR) is 142 cm³/mol. The lowest BCUT2D eigenvalue weighted by Crippen LogP contribution is -2.32. The molecule has 0 aliphatic carbocycles. The average Bonchev–Trinajstić information content (AvgIpc) is 3.28. The third-order valence-electron chi connectivity index (χ3n) is 6.31. The number of nitrogens with zero attached hydrogens (tertiary/aromatic N) is 2. The van der Waals surface area contributed by atoms with Gasteiger partial charge in [-0.3, -0.25) is 10.1 Å². The molecule has 0 saturated carbocycles. The maximum atomic E-state index is 11.2. The Kier molecular flexibility index (Phi) is 6.26. The van der Waals surface area contributed by atoms with Gasteiger partial charge in [-0.05, 0) is 55.5 Å². The fraction of sp³-hybridized carbons (Fsp3) is 0.0690. The second-order valence-electron chi connectivity index (χ2n) is 8.35. The summed E-state index contributed by atoms with van der Waals surface area (Å²) in [5.74, 6) is 0.657. The third kappa shape index (κ3) is 4.27. The van der Waals surface area contributed by atoms with E-state index in [4.69, 9.17) is 4.52 Å². The quantitative estimate of drug-likeness (QED) is 0.162. The lowest BCUT2D eigenvalue weighted by molar-refractivity contribution is -0.384. The lowest BCUT2D eigenvalue weighted by Gasteiger charge is -2.27. The molecule has 1 aromatic heterocycles. The average molecular weight is 479 g/mol. The normalized spacial score (nSPS) is 11.3. The van der Waals surface area contributed by atoms with E-state index in [2.05, 4.69) is 78.0 Å². The van der Waals surface area contributed by atoms with Gasteiger partial charge in [0.15, 0.2) is 5.76 Å². The van der Waals surface area contributed by atoms with Crippen LogP contribution < -0.4 is 15.9 Å². The standard InChI is InChI=1S/C29H24N2O3P/c1-22-28(29(34-30-22)23-17-19-24(20-18-23)31(32)33)21-35(25-11-5-2-6-12-25,26-13-7-3-8-14-26)27-15-9-4-10-16-27/h2-20H,21H2,1H3/q+1. The van der Waals surface area contributed by atoms with Gasteiger partial charge in [-0.15, -0.1) is 0 Å². The number of nitro groups is 1. The summed E-state index contributed by atoms with van der Waals surface area (Å²) >= 11 is 0. The molecule has 0 spiro atoms. The van der Waals surface area contributed by atoms with Crippen molar-refractivity contribution in [2.24, 2.45) is 0 Å². The van der Waals surface area contributed by atoms with E-state index in [0.29, 0.717) is 11.9 Å². The van der Waals surface area contributed by atoms with Crippen molar-refractivity contribution in [1.82, 2.24) is 5.16 Å². The molecule has 0 amide bonds. The van der Waals surface area contributed by atoms with Crippen LogP contribution in [-0.2, 0) is 6.16 Å². The van der Waals surface area contributed by atoms with E-state index < -0.39 is 12.2 Å². The Morgan fingerprint density at radius 1 is 0.743 bits per heavy atom. The van der Waals surface area contributed by atoms with Gasteiger partial charge in [0.25, 0.3) is 5.69 Å². The van der Waals surface area contributed by atoms with Gasteiger partial charge in [0.2, 0.25) is 0 Å². The van der Waals surface area contributed by atoms with Gasteiger partial charge in [0, 0.05) is 17.7 Å². The van der Waals surface area contributed by atoms with Crippen molar-refractivity contribution in [3.05, 3.63) is 137 Å². The van der Waals surface area contributed by atoms with Gasteiger partial charge in [-0.25, -0.2) is 0 Å². The van der Waals surface area contributed by atoms with Crippen LogP contribution in [0.1, 0.15) is 11.3 Å². The number of non-ortho nitro benzene ring substituents is 1. The first kappa shape index (κ1) is 22.7. The summed E-state index contributed by atoms with van der Waals surface area (Å²) in [6.45, 7) is 1.96. The SMILES string of the molecule is Cc1noc(-c2ccc([N+](=O)[O-])cc2)c1C[P+](c1ccccc1)(c1ccccc1)c1ccccc1. The topological polar surface area (TPSA) is 69.2 Å². The van der Waals surface area contributed by atoms with Crippen molar-refractivity contribution in [2.75, 3.05) is 0 Å². The number of benzene rings is 4. The van der Waals surface area contributed by atoms with Crippen LogP contribution in [0.4, 0.5) is 5.69 Å². The Balaban J connectivity index is 1.73. The summed E-state index contributed by atoms with van der Waals surface area (Å²) in [5.41, 5.74) is 2.67. The second kappa shape index (κ2) is 9.65. The van der Waals surface area contributed by atoms with Crippen LogP contribution in [0.2, 0.25) is 0 Å². The zero-order valence-corrected chi connectivity index (χ0v) is 20.1. The molecule has 4 aromatic carbocycles. The van der Waals surface area contributed by atoms with Crippen LogP contribution in [0.5, 0.6) is 0 Å². The van der Waals surface area contributed by atoms with Crippen molar-refractivity contribution in [1.29, 1.82) is 0 Å². The molecule has 5 aromatic rings. The number of rotatable bonds is 7. The van der Waals surface area contributed by atoms with Gasteiger partial charge in [0.05, 0.1) is 16.2 Å². The molecule has 0 radical (unpaired) electrons. The molecule has 0 N–H and O–H groups in total. The Morgan fingerprint density at radius 2 is 1.20 bits per heavy atom. The Labute approximate surface area is 204 Å². The molecule has 0 aliphatic rings. The molecule has 0 fully saturated rings. The maximum absolute atomic E-state index is 11.2. The summed E-state index contributed by atoms with van der Waals surface area (Å²) in [6, 6.07) is 38.4. The molecule has 35 heavy (non-hydrogen) atoms. The van der Waals surface area contributed by atoms with Gasteiger partial charge >= 0.3 is 0 Å². The minimum atomic E-state index is -2.15. The number of hydrogen-bond donors (Lipinski definition) is 0. The minimum Gasteiger partial charge on any atom is -0.356 e. The highest BCUT2D eigenvalue weighted by atomic mass is 31.2. The molecule has 0 saturated heterocycles. The first-order valence-corrected chi connectivity index (χ1v) is 13.3. The van der Waals surface area contributed by atoms with Crippen molar-refractivity contribution >= 4 is 28.9 Å². The molecule has 5 nitrogen and oxygen atoms in total. The number of aryl methyl sites for hydroxylation is 1. The van der Waals surface area contributed by atoms with E-state index in [0.717, 1.165) is 16.8 Å². The van der Waals surface area contributed by atoms with Gasteiger partial charge in [0.1, 0.15) is 29.3 Å². The molecule has 6 heteroatoms. The number of nitro benzene ring substituents is 1. The van der Waals surface area contributed by atoms with E-state index in [1.165, 1.54) is 28.0 Å². The molecule has 172 valence electrons. The monoisotopic (exact) mass is 479 g/mol. The van der Waals surface area contributed by atoms with E-state index in [1.807, 2.05) is 25.1 Å². The van der Waals surface area contributed by atoms with E-state index >= 15 is 0 Å². The Bertz CT molecular complexity index is 1340. The zero-order chi connectivity index (χ0) is 24.3. The smallest absolute Gasteiger partial charge is 0.269 e. The van der Waals surface area contributed by atoms with Gasteiger partial charge < -0.3 is 4.52 Å². The lowest BCUT2D eigenvalue weighted by atomic mass is 10.1. The molecule has 1 heterocycles. The summed E-state index contributed by atoms with van der Waals surface area (Å²) in [7, 11) is -2.15. The molecule has 5 rings (SSSR count). The van der Waals surface area contributed by atoms with Crippen LogP contribution in [0.3, 0.4) is 0 Å². The van der Waals surface area contributed by atoms with Crippen LogP contribution in [0.15, 0.2) is 120 Å². The first-order chi connectivity index (χ1) is 17.1. The predicted octanol–water partition coefficient (Wildman–Crippen LogP) is 6.05. The van der Waals surface area contributed by atoms with E-state index in [-0.39, 0.29) is 5.69 Å². The highest BCUT2D eigenvalue weighted by Gasteiger charge is 2.47. The third-order valence-corrected chi connectivity index (χ3v) is 10.6. The van der Waals surface area contributed by atoms with E-state index in [1.54, 1.807) is 12.1 Å². The zero-order valence-electron chi connectivity index (χ0n) is 19.2. The van der Waals surface area contributed by atoms with Crippen LogP contribution in [0.25, 0.3) is 11.3 Å². The Morgan fingerprint density at radius 3 is 1.63 bits per heavy atom. The summed E-state index contributed by atoms with van der Waals surface area (Å²) in [4.78, 5) is 10.8. The molecular formula is C29H24N2O3P+. The molecular weight excluding hydrogens is 455 g/mol. The maximum Gasteiger partial charge on any atom is 0.269 e. The molecule has 0 atom stereocenters. The molecule has 0 unspecified atom stereocenters. The van der Waals surface area contributed by atoms with Crippen LogP contribution in [-0.4, -0.2) is 10.1 Å². The van der Waals surface area contributed by atoms with Gasteiger partial charge in [-0.1, -0.05) is 59.8 Å². The Hall–Kier alpha value is -4.08. The molecule has 0 bridgehead atoms. The summed E-state index contributed by atoms with van der Waals surface area (Å²) in [5, 5.41) is 19.3. The van der Waals surface area contributed by atoms with E-state index in [9.17, 15) is 10.1 Å². The largest absolute Gasteiger partial charge is 0.356 e. The van der Waals surface area contributed by atoms with Gasteiger partial charge in [-0.2, -0.15) is 0 Å². The number of hydrogen-bond acceptors (Lipinski definition) is 4. The first-order valence-electron chi connectivity index (χ1n) is 11.3. The summed E-state index contributed by atoms with van der Waals surface area (Å²) in [6.07, 6.45) is 0.715. The second-order valence-corrected chi connectivity index (χ2v) is 11.8. The molecule has 0 aliphatic heterocycles. The van der Waals surface area contributed by atoms with Crippen molar-refractivity contribution < 1.29 is 9.45 Å². The number of aromatic nitrogens is 1. The van der Waals surface area contributed by atoms with Crippen molar-refractivity contribution in [3.8, 4) is 11.3 Å². The van der Waals surface area contributed by atoms with Crippen molar-refractivity contribution in [3.63, 3.8) is 0 Å². The van der Waals surface area contributed by atoms with Crippen LogP contribution in [0, 0.1) is 17.0 Å². The summed E-state index contributed by atoms with van der Waals surface area (Å²) < 4.78 is 5.83. The highest BCUT2D eigenvalue weighted by Crippen LogP contribution is 2.59.